The molecule has 1 aliphatic heterocycles. The van der Waals surface area contributed by atoms with Crippen molar-refractivity contribution in [1.82, 2.24) is 10.2 Å². The normalized spacial score (nSPS) is 16.0. The lowest BCUT2D eigenvalue weighted by Gasteiger charge is -2.26. The maximum absolute atomic E-state index is 11.9. The van der Waals surface area contributed by atoms with Crippen molar-refractivity contribution in [3.05, 3.63) is 24.3 Å². The van der Waals surface area contributed by atoms with Crippen LogP contribution in [0.2, 0.25) is 0 Å². The molecule has 0 aliphatic carbocycles. The average Bonchev–Trinajstić information content (AvgIpc) is 2.56. The van der Waals surface area contributed by atoms with Crippen LogP contribution in [0.25, 0.3) is 0 Å². The molecule has 7 nitrogen and oxygen atoms in total. The molecule has 7 heteroatoms. The minimum Gasteiger partial charge on any atom is -0.486 e. The van der Waals surface area contributed by atoms with E-state index in [0.29, 0.717) is 24.7 Å². The number of nitrogens with zero attached hydrogens (tertiary/aromatic N) is 1. The van der Waals surface area contributed by atoms with Crippen LogP contribution in [0.5, 0.6) is 11.5 Å². The summed E-state index contributed by atoms with van der Waals surface area (Å²) in [6.07, 6.45) is -0.348. The molecule has 0 radical (unpaired) electrons. The Kier molecular flexibility index (Phi) is 5.60. The topological polar surface area (TPSA) is 88.1 Å². The van der Waals surface area contributed by atoms with Crippen LogP contribution in [0.4, 0.5) is 0 Å². The summed E-state index contributed by atoms with van der Waals surface area (Å²) in [7, 11) is 0. The molecule has 1 aromatic carbocycles. The molecule has 0 aromatic heterocycles. The van der Waals surface area contributed by atoms with Gasteiger partial charge in [-0.1, -0.05) is 12.1 Å². The quantitative estimate of drug-likeness (QED) is 0.735. The molecule has 2 amide bonds. The molecule has 2 rings (SSSR count). The summed E-state index contributed by atoms with van der Waals surface area (Å²) in [6.45, 7) is 2.55. The molecule has 0 bridgehead atoms. The summed E-state index contributed by atoms with van der Waals surface area (Å²) in [6, 6.07) is 7.28. The van der Waals surface area contributed by atoms with Gasteiger partial charge in [0.2, 0.25) is 0 Å². The molecular formula is C15H20N2O5. The van der Waals surface area contributed by atoms with Crippen molar-refractivity contribution in [3.8, 4) is 11.5 Å². The second kappa shape index (κ2) is 7.65. The average molecular weight is 308 g/mol. The summed E-state index contributed by atoms with van der Waals surface area (Å²) in [5.41, 5.74) is 0. The predicted octanol–water partition coefficient (Wildman–Crippen LogP) is -0.217. The van der Waals surface area contributed by atoms with Gasteiger partial charge in [0, 0.05) is 13.1 Å². The molecule has 0 saturated heterocycles. The van der Waals surface area contributed by atoms with Gasteiger partial charge in [-0.15, -0.1) is 0 Å². The molecular weight excluding hydrogens is 288 g/mol. The van der Waals surface area contributed by atoms with E-state index < -0.39 is 11.8 Å². The van der Waals surface area contributed by atoms with E-state index in [2.05, 4.69) is 5.32 Å². The Morgan fingerprint density at radius 2 is 2.09 bits per heavy atom. The van der Waals surface area contributed by atoms with E-state index in [1.807, 2.05) is 18.2 Å². The fourth-order valence-corrected chi connectivity index (χ4v) is 2.11. The van der Waals surface area contributed by atoms with Crippen LogP contribution in [-0.2, 0) is 9.59 Å². The highest BCUT2D eigenvalue weighted by Crippen LogP contribution is 2.30. The van der Waals surface area contributed by atoms with E-state index in [1.54, 1.807) is 13.0 Å². The maximum atomic E-state index is 11.9. The molecule has 22 heavy (non-hydrogen) atoms. The number of ether oxygens (including phenoxy) is 2. The SMILES string of the molecule is CCN(CCO)C(=O)C(=O)NCC1COc2ccccc2O1. The first-order chi connectivity index (χ1) is 10.7. The fourth-order valence-electron chi connectivity index (χ4n) is 2.11. The number of carbonyl (C=O) groups is 2. The number of benzene rings is 1. The van der Waals surface area contributed by atoms with E-state index in [4.69, 9.17) is 14.6 Å². The highest BCUT2D eigenvalue weighted by Gasteiger charge is 2.24. The first kappa shape index (κ1) is 16.1. The summed E-state index contributed by atoms with van der Waals surface area (Å²) in [5, 5.41) is 11.4. The first-order valence-corrected chi connectivity index (χ1v) is 7.22. The number of fused-ring (bicyclic) bond motifs is 1. The second-order valence-corrected chi connectivity index (χ2v) is 4.82. The Balaban J connectivity index is 1.83. The first-order valence-electron chi connectivity index (χ1n) is 7.22. The molecule has 1 heterocycles. The zero-order chi connectivity index (χ0) is 15.9. The van der Waals surface area contributed by atoms with Gasteiger partial charge in [-0.05, 0) is 19.1 Å². The monoisotopic (exact) mass is 308 g/mol. The van der Waals surface area contributed by atoms with Gasteiger partial charge in [-0.3, -0.25) is 9.59 Å². The van der Waals surface area contributed by atoms with Gasteiger partial charge in [-0.25, -0.2) is 0 Å². The van der Waals surface area contributed by atoms with Gasteiger partial charge in [0.25, 0.3) is 0 Å². The third kappa shape index (κ3) is 3.88. The summed E-state index contributed by atoms with van der Waals surface area (Å²) in [5.74, 6) is -0.0810. The van der Waals surface area contributed by atoms with Gasteiger partial charge >= 0.3 is 11.8 Å². The maximum Gasteiger partial charge on any atom is 0.311 e. The molecule has 120 valence electrons. The Morgan fingerprint density at radius 3 is 2.77 bits per heavy atom. The van der Waals surface area contributed by atoms with Crippen LogP contribution >= 0.6 is 0 Å². The number of carbonyl (C=O) groups excluding carboxylic acids is 2. The van der Waals surface area contributed by atoms with E-state index in [9.17, 15) is 9.59 Å². The van der Waals surface area contributed by atoms with Gasteiger partial charge in [0.05, 0.1) is 13.2 Å². The Labute approximate surface area is 128 Å². The minimum absolute atomic E-state index is 0.138. The van der Waals surface area contributed by atoms with Gasteiger partial charge < -0.3 is 24.8 Å². The molecule has 1 aromatic rings. The van der Waals surface area contributed by atoms with Gasteiger partial charge in [0.15, 0.2) is 11.5 Å². The molecule has 1 aliphatic rings. The van der Waals surface area contributed by atoms with E-state index in [1.165, 1.54) is 4.90 Å². The predicted molar refractivity (Wildman–Crippen MR) is 78.7 cm³/mol. The lowest BCUT2D eigenvalue weighted by Crippen LogP contribution is -2.48. The van der Waals surface area contributed by atoms with Crippen LogP contribution in [0.15, 0.2) is 24.3 Å². The number of likely N-dealkylation sites (N-methyl/N-ethyl adjacent to an activating group) is 1. The van der Waals surface area contributed by atoms with E-state index in [-0.39, 0.29) is 25.8 Å². The third-order valence-corrected chi connectivity index (χ3v) is 3.29. The highest BCUT2D eigenvalue weighted by molar-refractivity contribution is 6.35. The largest absolute Gasteiger partial charge is 0.486 e. The molecule has 0 saturated carbocycles. The van der Waals surface area contributed by atoms with Crippen LogP contribution in [0.3, 0.4) is 0 Å². The van der Waals surface area contributed by atoms with Crippen LogP contribution < -0.4 is 14.8 Å². The number of aliphatic hydroxyl groups is 1. The number of amides is 2. The number of aliphatic hydroxyl groups excluding tert-OH is 1. The highest BCUT2D eigenvalue weighted by atomic mass is 16.6. The van der Waals surface area contributed by atoms with Gasteiger partial charge in [0.1, 0.15) is 12.7 Å². The van der Waals surface area contributed by atoms with Crippen molar-refractivity contribution < 1.29 is 24.2 Å². The standard InChI is InChI=1S/C15H20N2O5/c1-2-17(7-8-18)15(20)14(19)16-9-11-10-21-12-5-3-4-6-13(12)22-11/h3-6,11,18H,2,7-10H2,1H3,(H,16,19). The number of nitrogens with one attached hydrogen (secondary N) is 1. The number of hydrogen-bond donors (Lipinski definition) is 2. The Bertz CT molecular complexity index is 534. The minimum atomic E-state index is -0.710. The molecule has 2 N–H and O–H groups in total. The summed E-state index contributed by atoms with van der Waals surface area (Å²) >= 11 is 0. The molecule has 1 unspecified atom stereocenters. The van der Waals surface area contributed by atoms with Crippen molar-refractivity contribution >= 4 is 11.8 Å². The lowest BCUT2D eigenvalue weighted by atomic mass is 10.2. The van der Waals surface area contributed by atoms with E-state index in [0.717, 1.165) is 0 Å². The lowest BCUT2D eigenvalue weighted by molar-refractivity contribution is -0.146. The van der Waals surface area contributed by atoms with Crippen molar-refractivity contribution in [2.75, 3.05) is 32.8 Å². The van der Waals surface area contributed by atoms with Crippen LogP contribution in [0.1, 0.15) is 6.92 Å². The van der Waals surface area contributed by atoms with Crippen LogP contribution in [0, 0.1) is 0 Å². The van der Waals surface area contributed by atoms with E-state index >= 15 is 0 Å². The number of para-hydroxylation sites is 2. The van der Waals surface area contributed by atoms with Crippen molar-refractivity contribution in [2.24, 2.45) is 0 Å². The summed E-state index contributed by atoms with van der Waals surface area (Å²) < 4.78 is 11.2. The Morgan fingerprint density at radius 1 is 1.36 bits per heavy atom. The fraction of sp³-hybridized carbons (Fsp3) is 0.467. The van der Waals surface area contributed by atoms with Crippen LogP contribution in [-0.4, -0.2) is 60.8 Å². The zero-order valence-electron chi connectivity index (χ0n) is 12.4. The smallest absolute Gasteiger partial charge is 0.311 e. The van der Waals surface area contributed by atoms with Crippen molar-refractivity contribution in [1.29, 1.82) is 0 Å². The summed E-state index contributed by atoms with van der Waals surface area (Å²) in [4.78, 5) is 25.0. The number of hydrogen-bond acceptors (Lipinski definition) is 5. The molecule has 1 atom stereocenters. The van der Waals surface area contributed by atoms with Gasteiger partial charge in [-0.2, -0.15) is 0 Å². The Hall–Kier alpha value is -2.28. The number of rotatable bonds is 5. The van der Waals surface area contributed by atoms with Crippen molar-refractivity contribution in [2.45, 2.75) is 13.0 Å². The molecule has 0 spiro atoms. The molecule has 0 fully saturated rings. The zero-order valence-corrected chi connectivity index (χ0v) is 12.4. The second-order valence-electron chi connectivity index (χ2n) is 4.82. The van der Waals surface area contributed by atoms with Crippen molar-refractivity contribution in [3.63, 3.8) is 0 Å². The third-order valence-electron chi connectivity index (χ3n) is 3.29.